The molecule has 1 aromatic carbocycles. The number of anilines is 1. The first-order valence-electron chi connectivity index (χ1n) is 4.17. The van der Waals surface area contributed by atoms with Gasteiger partial charge in [0, 0.05) is 18.1 Å². The van der Waals surface area contributed by atoms with Gasteiger partial charge in [0.05, 0.1) is 5.69 Å². The zero-order valence-electron chi connectivity index (χ0n) is 7.42. The molecule has 2 aromatic rings. The Bertz CT molecular complexity index is 504. The van der Waals surface area contributed by atoms with Crippen molar-refractivity contribution in [1.29, 1.82) is 0 Å². The van der Waals surface area contributed by atoms with Crippen molar-refractivity contribution in [3.05, 3.63) is 53.2 Å². The lowest BCUT2D eigenvalue weighted by Crippen LogP contribution is -2.19. The summed E-state index contributed by atoms with van der Waals surface area (Å²) in [7, 11) is 0. The van der Waals surface area contributed by atoms with Crippen LogP contribution in [0.2, 0.25) is 0 Å². The van der Waals surface area contributed by atoms with Crippen LogP contribution >= 0.6 is 0 Å². The van der Waals surface area contributed by atoms with Crippen molar-refractivity contribution in [2.75, 3.05) is 5.73 Å². The molecule has 0 saturated heterocycles. The molecule has 0 spiro atoms. The van der Waals surface area contributed by atoms with E-state index in [1.807, 2.05) is 0 Å². The SMILES string of the molecule is Nc1cccc(-n2cccnc2=O)c1. The molecule has 0 radical (unpaired) electrons. The van der Waals surface area contributed by atoms with Crippen LogP contribution in [0, 0.1) is 0 Å². The molecule has 0 atom stereocenters. The Balaban J connectivity index is 2.61. The van der Waals surface area contributed by atoms with Gasteiger partial charge in [-0.2, -0.15) is 0 Å². The third-order valence-corrected chi connectivity index (χ3v) is 1.86. The van der Waals surface area contributed by atoms with Crippen LogP contribution in [-0.2, 0) is 0 Å². The number of nitrogens with two attached hydrogens (primary N) is 1. The molecule has 2 N–H and O–H groups in total. The summed E-state index contributed by atoms with van der Waals surface area (Å²) in [6.07, 6.45) is 3.12. The first kappa shape index (κ1) is 8.50. The second kappa shape index (κ2) is 3.33. The standard InChI is InChI=1S/C10H9N3O/c11-8-3-1-4-9(7-8)13-6-2-5-12-10(13)14/h1-7H,11H2. The molecule has 0 aliphatic rings. The number of nitrogens with zero attached hydrogens (tertiary/aromatic N) is 2. The minimum atomic E-state index is -0.307. The Hall–Kier alpha value is -2.10. The van der Waals surface area contributed by atoms with E-state index in [2.05, 4.69) is 4.98 Å². The van der Waals surface area contributed by atoms with Crippen LogP contribution in [0.3, 0.4) is 0 Å². The molecule has 4 nitrogen and oxygen atoms in total. The third-order valence-electron chi connectivity index (χ3n) is 1.86. The number of nitrogen functional groups attached to an aromatic ring is 1. The van der Waals surface area contributed by atoms with Gasteiger partial charge in [0.1, 0.15) is 0 Å². The van der Waals surface area contributed by atoms with E-state index < -0.39 is 0 Å². The average Bonchev–Trinajstić information content (AvgIpc) is 2.18. The molecule has 4 heteroatoms. The third kappa shape index (κ3) is 1.50. The second-order valence-electron chi connectivity index (χ2n) is 2.87. The lowest BCUT2D eigenvalue weighted by atomic mass is 10.3. The zero-order chi connectivity index (χ0) is 9.97. The van der Waals surface area contributed by atoms with Gasteiger partial charge >= 0.3 is 5.69 Å². The molecule has 0 aliphatic heterocycles. The van der Waals surface area contributed by atoms with Crippen molar-refractivity contribution < 1.29 is 0 Å². The molecule has 0 fully saturated rings. The first-order valence-corrected chi connectivity index (χ1v) is 4.17. The molecule has 2 rings (SSSR count). The minimum Gasteiger partial charge on any atom is -0.399 e. The summed E-state index contributed by atoms with van der Waals surface area (Å²) in [6, 6.07) is 8.79. The van der Waals surface area contributed by atoms with Crippen molar-refractivity contribution >= 4 is 5.69 Å². The normalized spacial score (nSPS) is 10.0. The Morgan fingerprint density at radius 3 is 2.86 bits per heavy atom. The first-order chi connectivity index (χ1) is 6.77. The van der Waals surface area contributed by atoms with E-state index in [-0.39, 0.29) is 5.69 Å². The fourth-order valence-corrected chi connectivity index (χ4v) is 1.23. The van der Waals surface area contributed by atoms with Crippen molar-refractivity contribution in [2.45, 2.75) is 0 Å². The molecule has 0 bridgehead atoms. The lowest BCUT2D eigenvalue weighted by Gasteiger charge is -2.03. The molecule has 0 unspecified atom stereocenters. The van der Waals surface area contributed by atoms with Crippen LogP contribution in [0.1, 0.15) is 0 Å². The smallest absolute Gasteiger partial charge is 0.352 e. The second-order valence-corrected chi connectivity index (χ2v) is 2.87. The van der Waals surface area contributed by atoms with Gasteiger partial charge in [0.15, 0.2) is 0 Å². The number of hydrogen-bond acceptors (Lipinski definition) is 3. The maximum atomic E-state index is 11.3. The van der Waals surface area contributed by atoms with Crippen LogP contribution in [-0.4, -0.2) is 9.55 Å². The molecule has 0 aliphatic carbocycles. The van der Waals surface area contributed by atoms with Gasteiger partial charge in [-0.15, -0.1) is 0 Å². The van der Waals surface area contributed by atoms with Crippen molar-refractivity contribution in [2.24, 2.45) is 0 Å². The molecule has 14 heavy (non-hydrogen) atoms. The molecule has 0 amide bonds. The summed E-state index contributed by atoms with van der Waals surface area (Å²) >= 11 is 0. The van der Waals surface area contributed by atoms with E-state index >= 15 is 0 Å². The van der Waals surface area contributed by atoms with Crippen molar-refractivity contribution in [1.82, 2.24) is 9.55 Å². The molecule has 1 heterocycles. The highest BCUT2D eigenvalue weighted by Gasteiger charge is 1.98. The quantitative estimate of drug-likeness (QED) is 0.672. The Morgan fingerprint density at radius 2 is 2.14 bits per heavy atom. The molecular weight excluding hydrogens is 178 g/mol. The van der Waals surface area contributed by atoms with Crippen LogP contribution in [0.5, 0.6) is 0 Å². The van der Waals surface area contributed by atoms with Crippen LogP contribution in [0.15, 0.2) is 47.5 Å². The van der Waals surface area contributed by atoms with Gasteiger partial charge in [-0.25, -0.2) is 9.78 Å². The summed E-state index contributed by atoms with van der Waals surface area (Å²) < 4.78 is 1.44. The van der Waals surface area contributed by atoms with E-state index in [4.69, 9.17) is 5.73 Å². The topological polar surface area (TPSA) is 60.9 Å². The zero-order valence-corrected chi connectivity index (χ0v) is 7.42. The predicted octanol–water partition coefficient (Wildman–Crippen LogP) is 0.815. The Labute approximate surface area is 80.6 Å². The number of rotatable bonds is 1. The van der Waals surface area contributed by atoms with E-state index in [1.54, 1.807) is 36.5 Å². The van der Waals surface area contributed by atoms with Crippen molar-refractivity contribution in [3.8, 4) is 5.69 Å². The van der Waals surface area contributed by atoms with Gasteiger partial charge in [0.2, 0.25) is 0 Å². The minimum absolute atomic E-state index is 0.307. The lowest BCUT2D eigenvalue weighted by molar-refractivity contribution is 0.914. The van der Waals surface area contributed by atoms with E-state index in [0.29, 0.717) is 5.69 Å². The van der Waals surface area contributed by atoms with E-state index in [0.717, 1.165) is 5.69 Å². The van der Waals surface area contributed by atoms with Gasteiger partial charge < -0.3 is 5.73 Å². The van der Waals surface area contributed by atoms with Gasteiger partial charge in [-0.1, -0.05) is 6.07 Å². The fourth-order valence-electron chi connectivity index (χ4n) is 1.23. The predicted molar refractivity (Wildman–Crippen MR) is 54.2 cm³/mol. The van der Waals surface area contributed by atoms with Gasteiger partial charge in [0.25, 0.3) is 0 Å². The van der Waals surface area contributed by atoms with Crippen LogP contribution in [0.4, 0.5) is 5.69 Å². The molecular formula is C10H9N3O. The Kier molecular flexibility index (Phi) is 2.02. The summed E-state index contributed by atoms with van der Waals surface area (Å²) in [5, 5.41) is 0. The highest BCUT2D eigenvalue weighted by molar-refractivity contribution is 5.47. The number of aromatic nitrogens is 2. The molecule has 0 saturated carbocycles. The Morgan fingerprint density at radius 1 is 1.29 bits per heavy atom. The maximum absolute atomic E-state index is 11.3. The monoisotopic (exact) mass is 187 g/mol. The number of benzene rings is 1. The number of hydrogen-bond donors (Lipinski definition) is 1. The highest BCUT2D eigenvalue weighted by Crippen LogP contribution is 2.08. The summed E-state index contributed by atoms with van der Waals surface area (Å²) in [6.45, 7) is 0. The average molecular weight is 187 g/mol. The van der Waals surface area contributed by atoms with Crippen molar-refractivity contribution in [3.63, 3.8) is 0 Å². The van der Waals surface area contributed by atoms with Crippen LogP contribution < -0.4 is 11.4 Å². The maximum Gasteiger partial charge on any atom is 0.352 e. The van der Waals surface area contributed by atoms with E-state index in [9.17, 15) is 4.79 Å². The van der Waals surface area contributed by atoms with Gasteiger partial charge in [-0.3, -0.25) is 4.57 Å². The summed E-state index contributed by atoms with van der Waals surface area (Å²) in [4.78, 5) is 15.0. The molecule has 70 valence electrons. The van der Waals surface area contributed by atoms with Crippen LogP contribution in [0.25, 0.3) is 5.69 Å². The summed E-state index contributed by atoms with van der Waals surface area (Å²) in [5.74, 6) is 0. The highest BCUT2D eigenvalue weighted by atomic mass is 16.1. The fraction of sp³-hybridized carbons (Fsp3) is 0. The van der Waals surface area contributed by atoms with E-state index in [1.165, 1.54) is 10.8 Å². The largest absolute Gasteiger partial charge is 0.399 e. The summed E-state index contributed by atoms with van der Waals surface area (Å²) in [5.41, 5.74) is 6.65. The van der Waals surface area contributed by atoms with Gasteiger partial charge in [-0.05, 0) is 24.3 Å². The molecule has 1 aromatic heterocycles.